The van der Waals surface area contributed by atoms with E-state index in [9.17, 15) is 4.79 Å². The summed E-state index contributed by atoms with van der Waals surface area (Å²) in [5.74, 6) is 0.458. The van der Waals surface area contributed by atoms with E-state index in [1.807, 2.05) is 6.07 Å². The Morgan fingerprint density at radius 3 is 3.00 bits per heavy atom. The Kier molecular flexibility index (Phi) is 3.58. The van der Waals surface area contributed by atoms with Crippen molar-refractivity contribution in [3.8, 4) is 0 Å². The Morgan fingerprint density at radius 2 is 2.25 bits per heavy atom. The number of aromatic nitrogens is 3. The fraction of sp³-hybridized carbons (Fsp3) is 0.400. The van der Waals surface area contributed by atoms with Crippen molar-refractivity contribution in [2.24, 2.45) is 0 Å². The first-order valence-electron chi connectivity index (χ1n) is 5.01. The van der Waals surface area contributed by atoms with Gasteiger partial charge in [0.15, 0.2) is 5.65 Å². The number of ether oxygens (including phenoxy) is 1. The van der Waals surface area contributed by atoms with Gasteiger partial charge in [0.1, 0.15) is 0 Å². The summed E-state index contributed by atoms with van der Waals surface area (Å²) in [5.41, 5.74) is 0.495. The summed E-state index contributed by atoms with van der Waals surface area (Å²) in [6.45, 7) is 1.37. The van der Waals surface area contributed by atoms with Crippen LogP contribution in [0.2, 0.25) is 0 Å². The molecule has 0 N–H and O–H groups in total. The molecule has 86 valence electrons. The maximum absolute atomic E-state index is 11.8. The van der Waals surface area contributed by atoms with Crippen LogP contribution >= 0.6 is 11.6 Å². The van der Waals surface area contributed by atoms with E-state index in [2.05, 4.69) is 5.10 Å². The predicted molar refractivity (Wildman–Crippen MR) is 61.0 cm³/mol. The van der Waals surface area contributed by atoms with Gasteiger partial charge in [-0.05, 0) is 12.1 Å². The first-order chi connectivity index (χ1) is 7.83. The molecule has 5 nitrogen and oxygen atoms in total. The summed E-state index contributed by atoms with van der Waals surface area (Å²) in [6, 6.07) is 5.43. The molecule has 0 fully saturated rings. The van der Waals surface area contributed by atoms with Crippen molar-refractivity contribution in [2.75, 3.05) is 19.1 Å². The van der Waals surface area contributed by atoms with Crippen molar-refractivity contribution in [1.29, 1.82) is 0 Å². The van der Waals surface area contributed by atoms with Gasteiger partial charge < -0.3 is 4.74 Å². The zero-order valence-electron chi connectivity index (χ0n) is 8.67. The summed E-state index contributed by atoms with van der Waals surface area (Å²) in [6.07, 6.45) is 1.70. The fourth-order valence-corrected chi connectivity index (χ4v) is 1.53. The minimum Gasteiger partial charge on any atom is -0.378 e. The molecule has 0 aromatic carbocycles. The summed E-state index contributed by atoms with van der Waals surface area (Å²) < 4.78 is 8.09. The average Bonchev–Trinajstić information content (AvgIpc) is 2.63. The third-order valence-electron chi connectivity index (χ3n) is 2.16. The van der Waals surface area contributed by atoms with Crippen LogP contribution in [0.1, 0.15) is 0 Å². The highest BCUT2D eigenvalue weighted by molar-refractivity contribution is 6.17. The monoisotopic (exact) mass is 241 g/mol. The molecule has 2 aromatic rings. The lowest BCUT2D eigenvalue weighted by atomic mass is 10.5. The van der Waals surface area contributed by atoms with Crippen molar-refractivity contribution in [3.05, 3.63) is 34.9 Å². The second-order valence-corrected chi connectivity index (χ2v) is 3.61. The molecule has 0 unspecified atom stereocenters. The molecule has 2 heterocycles. The molecular formula is C10H12ClN3O2. The number of alkyl halides is 1. The van der Waals surface area contributed by atoms with Crippen LogP contribution in [0.3, 0.4) is 0 Å². The van der Waals surface area contributed by atoms with Gasteiger partial charge in [-0.15, -0.1) is 16.7 Å². The summed E-state index contributed by atoms with van der Waals surface area (Å²) in [4.78, 5) is 11.8. The van der Waals surface area contributed by atoms with Crippen LogP contribution in [0.15, 0.2) is 29.2 Å². The molecule has 0 saturated heterocycles. The van der Waals surface area contributed by atoms with E-state index in [1.165, 1.54) is 9.08 Å². The number of nitrogens with zero attached hydrogens (tertiary/aromatic N) is 3. The molecule has 2 rings (SSSR count). The van der Waals surface area contributed by atoms with Crippen molar-refractivity contribution in [1.82, 2.24) is 14.2 Å². The molecule has 0 aliphatic rings. The quantitative estimate of drug-likeness (QED) is 0.573. The highest BCUT2D eigenvalue weighted by atomic mass is 35.5. The number of hydrogen-bond donors (Lipinski definition) is 0. The Bertz CT molecular complexity index is 520. The topological polar surface area (TPSA) is 48.5 Å². The Balaban J connectivity index is 2.13. The molecule has 0 aliphatic heterocycles. The van der Waals surface area contributed by atoms with Crippen molar-refractivity contribution >= 4 is 17.2 Å². The zero-order chi connectivity index (χ0) is 11.4. The first-order valence-corrected chi connectivity index (χ1v) is 5.54. The predicted octanol–water partition coefficient (Wildman–Crippen LogP) is 0.751. The standard InChI is InChI=1S/C10H12ClN3O2/c11-4-7-16-8-6-14-10(15)13-5-2-1-3-9(13)12-14/h1-3,5H,4,6-8H2. The van der Waals surface area contributed by atoms with Crippen LogP contribution in [0, 0.1) is 0 Å². The van der Waals surface area contributed by atoms with Crippen LogP contribution in [0.25, 0.3) is 5.65 Å². The third kappa shape index (κ3) is 2.25. The Labute approximate surface area is 97.2 Å². The van der Waals surface area contributed by atoms with Crippen LogP contribution in [0.5, 0.6) is 0 Å². The summed E-state index contributed by atoms with van der Waals surface area (Å²) in [7, 11) is 0. The van der Waals surface area contributed by atoms with E-state index >= 15 is 0 Å². The van der Waals surface area contributed by atoms with E-state index in [0.29, 0.717) is 31.3 Å². The lowest BCUT2D eigenvalue weighted by molar-refractivity contribution is 0.137. The number of fused-ring (bicyclic) bond motifs is 1. The van der Waals surface area contributed by atoms with E-state index in [0.717, 1.165) is 0 Å². The maximum atomic E-state index is 11.8. The normalized spacial score (nSPS) is 11.1. The van der Waals surface area contributed by atoms with E-state index in [4.69, 9.17) is 16.3 Å². The average molecular weight is 242 g/mol. The molecule has 16 heavy (non-hydrogen) atoms. The van der Waals surface area contributed by atoms with Gasteiger partial charge >= 0.3 is 5.69 Å². The molecule has 0 amide bonds. The van der Waals surface area contributed by atoms with E-state index in [-0.39, 0.29) is 5.69 Å². The molecule has 0 radical (unpaired) electrons. The highest BCUT2D eigenvalue weighted by Gasteiger charge is 2.04. The second kappa shape index (κ2) is 5.14. The Hall–Kier alpha value is -1.33. The molecule has 2 aromatic heterocycles. The maximum Gasteiger partial charge on any atom is 0.350 e. The van der Waals surface area contributed by atoms with Crippen LogP contribution in [0.4, 0.5) is 0 Å². The van der Waals surface area contributed by atoms with Crippen LogP contribution in [-0.4, -0.2) is 33.3 Å². The largest absolute Gasteiger partial charge is 0.378 e. The SMILES string of the molecule is O=c1n(CCOCCCl)nc2ccccn12. The summed E-state index contributed by atoms with van der Waals surface area (Å²) >= 11 is 5.47. The lowest BCUT2D eigenvalue weighted by Crippen LogP contribution is -2.23. The van der Waals surface area contributed by atoms with Gasteiger partial charge in [-0.2, -0.15) is 0 Å². The third-order valence-corrected chi connectivity index (χ3v) is 2.31. The van der Waals surface area contributed by atoms with Gasteiger partial charge in [0.2, 0.25) is 0 Å². The zero-order valence-corrected chi connectivity index (χ0v) is 9.43. The molecule has 0 spiro atoms. The second-order valence-electron chi connectivity index (χ2n) is 3.24. The molecule has 0 aliphatic carbocycles. The van der Waals surface area contributed by atoms with Gasteiger partial charge in [0.05, 0.1) is 19.8 Å². The van der Waals surface area contributed by atoms with Crippen LogP contribution < -0.4 is 5.69 Å². The highest BCUT2D eigenvalue weighted by Crippen LogP contribution is 1.94. The van der Waals surface area contributed by atoms with Crippen molar-refractivity contribution in [3.63, 3.8) is 0 Å². The van der Waals surface area contributed by atoms with Gasteiger partial charge in [0.25, 0.3) is 0 Å². The molecule has 0 bridgehead atoms. The smallest absolute Gasteiger partial charge is 0.350 e. The molecule has 0 saturated carbocycles. The van der Waals surface area contributed by atoms with Gasteiger partial charge in [-0.25, -0.2) is 9.48 Å². The molecular weight excluding hydrogens is 230 g/mol. The summed E-state index contributed by atoms with van der Waals surface area (Å²) in [5, 5.41) is 4.16. The van der Waals surface area contributed by atoms with E-state index in [1.54, 1.807) is 18.3 Å². The number of hydrogen-bond acceptors (Lipinski definition) is 3. The van der Waals surface area contributed by atoms with Gasteiger partial charge in [-0.3, -0.25) is 4.40 Å². The number of rotatable bonds is 5. The van der Waals surface area contributed by atoms with Crippen molar-refractivity contribution in [2.45, 2.75) is 6.54 Å². The molecule has 6 heteroatoms. The number of pyridine rings is 1. The lowest BCUT2D eigenvalue weighted by Gasteiger charge is -2.00. The van der Waals surface area contributed by atoms with Crippen molar-refractivity contribution < 1.29 is 4.74 Å². The fourth-order valence-electron chi connectivity index (χ4n) is 1.42. The first kappa shape index (κ1) is 11.2. The number of halogens is 1. The van der Waals surface area contributed by atoms with Gasteiger partial charge in [-0.1, -0.05) is 6.07 Å². The Morgan fingerprint density at radius 1 is 1.38 bits per heavy atom. The molecule has 0 atom stereocenters. The van der Waals surface area contributed by atoms with Crippen LogP contribution in [-0.2, 0) is 11.3 Å². The van der Waals surface area contributed by atoms with E-state index < -0.39 is 0 Å². The minimum atomic E-state index is -0.148. The van der Waals surface area contributed by atoms with Gasteiger partial charge in [0, 0.05) is 12.1 Å². The minimum absolute atomic E-state index is 0.148.